The summed E-state index contributed by atoms with van der Waals surface area (Å²) in [4.78, 5) is 2.41. The lowest BCUT2D eigenvalue weighted by Crippen LogP contribution is -2.28. The third kappa shape index (κ3) is 2.19. The number of alkyl halides is 1. The molecular weight excluding hydrogens is 222 g/mol. The van der Waals surface area contributed by atoms with Gasteiger partial charge in [-0.15, -0.1) is 11.6 Å². The van der Waals surface area contributed by atoms with Crippen LogP contribution in [0, 0.1) is 12.8 Å². The zero-order valence-corrected chi connectivity index (χ0v) is 11.1. The van der Waals surface area contributed by atoms with Gasteiger partial charge in [-0.2, -0.15) is 5.10 Å². The lowest BCUT2D eigenvalue weighted by atomic mass is 10.2. The molecule has 0 radical (unpaired) electrons. The van der Waals surface area contributed by atoms with Crippen molar-refractivity contribution in [3.63, 3.8) is 0 Å². The second-order valence-corrected chi connectivity index (χ2v) is 4.89. The molecule has 90 valence electrons. The molecule has 4 heteroatoms. The van der Waals surface area contributed by atoms with Gasteiger partial charge >= 0.3 is 0 Å². The Hall–Kier alpha value is -0.700. The van der Waals surface area contributed by atoms with Gasteiger partial charge in [0.2, 0.25) is 0 Å². The van der Waals surface area contributed by atoms with Crippen LogP contribution in [0.2, 0.25) is 0 Å². The Bertz CT molecular complexity index is 369. The molecule has 0 bridgehead atoms. The summed E-state index contributed by atoms with van der Waals surface area (Å²) in [6, 6.07) is 0. The van der Waals surface area contributed by atoms with E-state index in [0.29, 0.717) is 5.88 Å². The van der Waals surface area contributed by atoms with E-state index in [9.17, 15) is 0 Å². The number of aromatic nitrogens is 2. The largest absolute Gasteiger partial charge is 0.357 e. The predicted octanol–water partition coefficient (Wildman–Crippen LogP) is 2.70. The highest BCUT2D eigenvalue weighted by Crippen LogP contribution is 2.33. The Morgan fingerprint density at radius 3 is 2.69 bits per heavy atom. The summed E-state index contributed by atoms with van der Waals surface area (Å²) in [6.07, 6.45) is 2.76. The quantitative estimate of drug-likeness (QED) is 0.740. The van der Waals surface area contributed by atoms with Crippen LogP contribution in [-0.4, -0.2) is 22.9 Å². The summed E-state index contributed by atoms with van der Waals surface area (Å²) in [7, 11) is 2.01. The number of hydrogen-bond acceptors (Lipinski definition) is 2. The first-order chi connectivity index (χ1) is 7.67. The number of halogens is 1. The van der Waals surface area contributed by atoms with Crippen molar-refractivity contribution in [1.29, 1.82) is 0 Å². The fourth-order valence-electron chi connectivity index (χ4n) is 2.22. The number of rotatable bonds is 5. The molecule has 1 aliphatic rings. The molecule has 1 aliphatic carbocycles. The highest BCUT2D eigenvalue weighted by Gasteiger charge is 2.26. The number of hydrogen-bond donors (Lipinski definition) is 0. The number of nitrogens with zero attached hydrogens (tertiary/aromatic N) is 3. The number of anilines is 1. The van der Waals surface area contributed by atoms with E-state index in [0.717, 1.165) is 24.7 Å². The minimum Gasteiger partial charge on any atom is -0.357 e. The molecule has 0 amide bonds. The SMILES string of the molecule is CCN(CC1CC1)c1c(CCl)c(C)nn1C. The summed E-state index contributed by atoms with van der Waals surface area (Å²) in [5, 5.41) is 4.47. The molecule has 16 heavy (non-hydrogen) atoms. The Morgan fingerprint density at radius 2 is 2.19 bits per heavy atom. The van der Waals surface area contributed by atoms with Crippen LogP contribution in [0.25, 0.3) is 0 Å². The molecule has 0 saturated heterocycles. The van der Waals surface area contributed by atoms with Gasteiger partial charge in [0, 0.05) is 25.7 Å². The van der Waals surface area contributed by atoms with Crippen LogP contribution in [0.3, 0.4) is 0 Å². The monoisotopic (exact) mass is 241 g/mol. The summed E-state index contributed by atoms with van der Waals surface area (Å²) in [5.74, 6) is 2.65. The van der Waals surface area contributed by atoms with Crippen molar-refractivity contribution in [1.82, 2.24) is 9.78 Å². The fourth-order valence-corrected chi connectivity index (χ4v) is 2.53. The summed E-state index contributed by atoms with van der Waals surface area (Å²) >= 11 is 6.02. The van der Waals surface area contributed by atoms with Crippen molar-refractivity contribution < 1.29 is 0 Å². The van der Waals surface area contributed by atoms with Crippen molar-refractivity contribution >= 4 is 17.4 Å². The van der Waals surface area contributed by atoms with Crippen LogP contribution >= 0.6 is 11.6 Å². The van der Waals surface area contributed by atoms with Crippen LogP contribution in [0.1, 0.15) is 31.0 Å². The predicted molar refractivity (Wildman–Crippen MR) is 68.1 cm³/mol. The molecule has 3 nitrogen and oxygen atoms in total. The van der Waals surface area contributed by atoms with Gasteiger partial charge < -0.3 is 4.90 Å². The maximum absolute atomic E-state index is 6.02. The van der Waals surface area contributed by atoms with Crippen molar-refractivity contribution in [2.45, 2.75) is 32.6 Å². The highest BCUT2D eigenvalue weighted by atomic mass is 35.5. The van der Waals surface area contributed by atoms with E-state index < -0.39 is 0 Å². The molecule has 0 unspecified atom stereocenters. The van der Waals surface area contributed by atoms with Crippen LogP contribution in [0.5, 0.6) is 0 Å². The fraction of sp³-hybridized carbons (Fsp3) is 0.750. The molecule has 1 heterocycles. The van der Waals surface area contributed by atoms with Crippen molar-refractivity contribution in [2.24, 2.45) is 13.0 Å². The molecule has 0 aromatic carbocycles. The zero-order chi connectivity index (χ0) is 11.7. The van der Waals surface area contributed by atoms with Crippen molar-refractivity contribution in [3.8, 4) is 0 Å². The molecule has 0 atom stereocenters. The Morgan fingerprint density at radius 1 is 1.50 bits per heavy atom. The topological polar surface area (TPSA) is 21.1 Å². The van der Waals surface area contributed by atoms with Gasteiger partial charge in [0.15, 0.2) is 0 Å². The second-order valence-electron chi connectivity index (χ2n) is 4.63. The molecule has 0 N–H and O–H groups in total. The van der Waals surface area contributed by atoms with E-state index in [2.05, 4.69) is 16.9 Å². The maximum Gasteiger partial charge on any atom is 0.131 e. The molecule has 0 aliphatic heterocycles. The molecule has 0 spiro atoms. The normalized spacial score (nSPS) is 15.5. The van der Waals surface area contributed by atoms with E-state index in [-0.39, 0.29) is 0 Å². The van der Waals surface area contributed by atoms with E-state index in [1.54, 1.807) is 0 Å². The minimum absolute atomic E-state index is 0.552. The van der Waals surface area contributed by atoms with Gasteiger partial charge in [0.05, 0.1) is 11.6 Å². The molecule has 2 rings (SSSR count). The van der Waals surface area contributed by atoms with E-state index in [4.69, 9.17) is 11.6 Å². The second kappa shape index (κ2) is 4.66. The van der Waals surface area contributed by atoms with Gasteiger partial charge in [-0.3, -0.25) is 4.68 Å². The Balaban J connectivity index is 2.27. The van der Waals surface area contributed by atoms with Gasteiger partial charge in [0.25, 0.3) is 0 Å². The van der Waals surface area contributed by atoms with E-state index in [1.807, 2.05) is 18.7 Å². The Labute approximate surface area is 102 Å². The van der Waals surface area contributed by atoms with Crippen LogP contribution in [-0.2, 0) is 12.9 Å². The standard InChI is InChI=1S/C12H20ClN3/c1-4-16(8-10-5-6-10)12-11(7-13)9(2)14-15(12)3/h10H,4-8H2,1-3H3. The minimum atomic E-state index is 0.552. The number of aryl methyl sites for hydroxylation is 2. The third-order valence-corrected chi connectivity index (χ3v) is 3.57. The first-order valence-corrected chi connectivity index (χ1v) is 6.54. The average Bonchev–Trinajstić information content (AvgIpc) is 3.01. The summed E-state index contributed by atoms with van der Waals surface area (Å²) < 4.78 is 1.97. The average molecular weight is 242 g/mol. The lowest BCUT2D eigenvalue weighted by molar-refractivity contribution is 0.676. The van der Waals surface area contributed by atoms with Crippen LogP contribution < -0.4 is 4.90 Å². The zero-order valence-electron chi connectivity index (χ0n) is 10.3. The van der Waals surface area contributed by atoms with Crippen molar-refractivity contribution in [2.75, 3.05) is 18.0 Å². The molecular formula is C12H20ClN3. The smallest absolute Gasteiger partial charge is 0.131 e. The molecule has 1 aromatic heterocycles. The van der Waals surface area contributed by atoms with Crippen molar-refractivity contribution in [3.05, 3.63) is 11.3 Å². The van der Waals surface area contributed by atoms with Crippen LogP contribution in [0.4, 0.5) is 5.82 Å². The molecule has 1 aromatic rings. The molecule has 1 saturated carbocycles. The third-order valence-electron chi connectivity index (χ3n) is 3.30. The summed E-state index contributed by atoms with van der Waals surface area (Å²) in [6.45, 7) is 6.41. The van der Waals surface area contributed by atoms with Crippen LogP contribution in [0.15, 0.2) is 0 Å². The highest BCUT2D eigenvalue weighted by molar-refractivity contribution is 6.17. The lowest BCUT2D eigenvalue weighted by Gasteiger charge is -2.24. The maximum atomic E-state index is 6.02. The first kappa shape index (κ1) is 11.8. The van der Waals surface area contributed by atoms with E-state index >= 15 is 0 Å². The van der Waals surface area contributed by atoms with Gasteiger partial charge in [-0.25, -0.2) is 0 Å². The van der Waals surface area contributed by atoms with Gasteiger partial charge in [0.1, 0.15) is 5.82 Å². The van der Waals surface area contributed by atoms with E-state index in [1.165, 1.54) is 24.2 Å². The van der Waals surface area contributed by atoms with Gasteiger partial charge in [-0.05, 0) is 32.6 Å². The Kier molecular flexibility index (Phi) is 3.43. The summed E-state index contributed by atoms with van der Waals surface area (Å²) in [5.41, 5.74) is 2.24. The molecule has 1 fully saturated rings. The van der Waals surface area contributed by atoms with Gasteiger partial charge in [-0.1, -0.05) is 0 Å². The first-order valence-electron chi connectivity index (χ1n) is 6.00.